The first-order valence-corrected chi connectivity index (χ1v) is 10.2. The van der Waals surface area contributed by atoms with Crippen molar-refractivity contribution >= 4 is 41.3 Å². The third-order valence-corrected chi connectivity index (χ3v) is 5.48. The van der Waals surface area contributed by atoms with Gasteiger partial charge in [0, 0.05) is 17.6 Å². The van der Waals surface area contributed by atoms with E-state index in [4.69, 9.17) is 12.2 Å². The molecule has 156 valence electrons. The second-order valence-electron chi connectivity index (χ2n) is 7.15. The number of nitrogens with one attached hydrogen (secondary N) is 2. The van der Waals surface area contributed by atoms with Gasteiger partial charge in [-0.2, -0.15) is 0 Å². The smallest absolute Gasteiger partial charge is 0.274 e. The van der Waals surface area contributed by atoms with Gasteiger partial charge in [0.05, 0.1) is 16.8 Å². The molecule has 0 radical (unpaired) electrons. The van der Waals surface area contributed by atoms with Crippen molar-refractivity contribution in [2.45, 2.75) is 0 Å². The van der Waals surface area contributed by atoms with Crippen LogP contribution in [-0.4, -0.2) is 27.3 Å². The monoisotopic (exact) mass is 440 g/mol. The summed E-state index contributed by atoms with van der Waals surface area (Å²) < 4.78 is 2.03. The summed E-state index contributed by atoms with van der Waals surface area (Å²) in [7, 11) is 0. The third kappa shape index (κ3) is 3.23. The standard InChI is InChI=1S/C24H16N4O3S/c29-21(20-14-25-24(32)27(20)16-8-2-1-3-9-16)26-15-7-6-10-17(13-15)28-22(30)18-11-4-5-12-19(18)23(28)31/h1-14H,(H,25,32)(H,26,29). The molecular formula is C24H16N4O3S. The Kier molecular flexibility index (Phi) is 4.76. The van der Waals surface area contributed by atoms with Gasteiger partial charge in [0.1, 0.15) is 5.69 Å². The van der Waals surface area contributed by atoms with Crippen LogP contribution in [0.25, 0.3) is 5.69 Å². The molecule has 1 aromatic heterocycles. The molecule has 0 aliphatic carbocycles. The molecule has 0 unspecified atom stereocenters. The van der Waals surface area contributed by atoms with Crippen LogP contribution in [0.3, 0.4) is 0 Å². The van der Waals surface area contributed by atoms with Gasteiger partial charge in [0.25, 0.3) is 17.7 Å². The lowest BCUT2D eigenvalue weighted by molar-refractivity contribution is 0.0925. The highest BCUT2D eigenvalue weighted by Gasteiger charge is 2.36. The molecule has 1 aliphatic heterocycles. The van der Waals surface area contributed by atoms with E-state index in [1.807, 2.05) is 30.3 Å². The van der Waals surface area contributed by atoms with Crippen LogP contribution in [0.4, 0.5) is 11.4 Å². The number of imidazole rings is 1. The van der Waals surface area contributed by atoms with Crippen molar-refractivity contribution in [3.8, 4) is 5.69 Å². The number of aromatic nitrogens is 2. The summed E-state index contributed by atoms with van der Waals surface area (Å²) in [6.45, 7) is 0. The van der Waals surface area contributed by atoms with Crippen LogP contribution in [0.2, 0.25) is 0 Å². The van der Waals surface area contributed by atoms with E-state index in [1.165, 1.54) is 0 Å². The maximum absolute atomic E-state index is 13.0. The number of hydrogen-bond acceptors (Lipinski definition) is 4. The number of nitrogens with zero attached hydrogens (tertiary/aromatic N) is 2. The number of H-pyrrole nitrogens is 1. The van der Waals surface area contributed by atoms with E-state index in [-0.39, 0.29) is 5.91 Å². The van der Waals surface area contributed by atoms with Crippen LogP contribution in [-0.2, 0) is 0 Å². The molecule has 8 heteroatoms. The third-order valence-electron chi connectivity index (χ3n) is 5.18. The van der Waals surface area contributed by atoms with Crippen molar-refractivity contribution in [3.05, 3.63) is 107 Å². The number of hydrogen-bond donors (Lipinski definition) is 2. The van der Waals surface area contributed by atoms with Gasteiger partial charge in [-0.3, -0.25) is 19.0 Å². The molecule has 32 heavy (non-hydrogen) atoms. The van der Waals surface area contributed by atoms with Gasteiger partial charge in [-0.1, -0.05) is 36.4 Å². The molecule has 0 fully saturated rings. The van der Waals surface area contributed by atoms with Crippen molar-refractivity contribution in [3.63, 3.8) is 0 Å². The Morgan fingerprint density at radius 1 is 0.812 bits per heavy atom. The van der Waals surface area contributed by atoms with E-state index >= 15 is 0 Å². The Bertz CT molecular complexity index is 1400. The van der Waals surface area contributed by atoms with Crippen molar-refractivity contribution in [2.24, 2.45) is 0 Å². The van der Waals surface area contributed by atoms with Crippen LogP contribution in [0, 0.1) is 4.77 Å². The first-order valence-electron chi connectivity index (χ1n) is 9.79. The van der Waals surface area contributed by atoms with E-state index in [1.54, 1.807) is 59.3 Å². The summed E-state index contributed by atoms with van der Waals surface area (Å²) in [5, 5.41) is 2.82. The van der Waals surface area contributed by atoms with E-state index in [2.05, 4.69) is 10.3 Å². The Labute approximate surface area is 187 Å². The van der Waals surface area contributed by atoms with Gasteiger partial charge in [-0.05, 0) is 54.7 Å². The molecule has 0 bridgehead atoms. The highest BCUT2D eigenvalue weighted by molar-refractivity contribution is 7.71. The average Bonchev–Trinajstić information content (AvgIpc) is 3.32. The molecule has 1 aliphatic rings. The molecule has 2 N–H and O–H groups in total. The van der Waals surface area contributed by atoms with Crippen molar-refractivity contribution in [1.29, 1.82) is 0 Å². The Morgan fingerprint density at radius 3 is 2.12 bits per heavy atom. The normalized spacial score (nSPS) is 12.7. The summed E-state index contributed by atoms with van der Waals surface area (Å²) in [6, 6.07) is 22.6. The number of fused-ring (bicyclic) bond motifs is 1. The first-order chi connectivity index (χ1) is 15.5. The molecule has 5 rings (SSSR count). The predicted octanol–water partition coefficient (Wildman–Crippen LogP) is 4.59. The number of aromatic amines is 1. The predicted molar refractivity (Wildman–Crippen MR) is 123 cm³/mol. The number of imide groups is 1. The first kappa shape index (κ1) is 19.7. The lowest BCUT2D eigenvalue weighted by Gasteiger charge is -2.15. The SMILES string of the molecule is O=C(Nc1cccc(N2C(=O)c3ccccc3C2=O)c1)c1c[nH]c(=S)n1-c1ccccc1. The molecule has 7 nitrogen and oxygen atoms in total. The summed E-state index contributed by atoms with van der Waals surface area (Å²) in [6.07, 6.45) is 1.54. The van der Waals surface area contributed by atoms with Crippen LogP contribution < -0.4 is 10.2 Å². The fourth-order valence-corrected chi connectivity index (χ4v) is 3.97. The fourth-order valence-electron chi connectivity index (χ4n) is 3.71. The van der Waals surface area contributed by atoms with E-state index in [0.29, 0.717) is 33.0 Å². The number of amides is 3. The fraction of sp³-hybridized carbons (Fsp3) is 0. The quantitative estimate of drug-likeness (QED) is 0.359. The summed E-state index contributed by atoms with van der Waals surface area (Å²) >= 11 is 5.34. The number of para-hydroxylation sites is 1. The molecule has 2 heterocycles. The van der Waals surface area contributed by atoms with Crippen LogP contribution in [0.5, 0.6) is 0 Å². The lowest BCUT2D eigenvalue weighted by atomic mass is 10.1. The second kappa shape index (κ2) is 7.75. The van der Waals surface area contributed by atoms with Crippen LogP contribution >= 0.6 is 12.2 Å². The summed E-state index contributed by atoms with van der Waals surface area (Å²) in [5.41, 5.74) is 2.62. The Morgan fingerprint density at radius 2 is 1.44 bits per heavy atom. The van der Waals surface area contributed by atoms with E-state index in [0.717, 1.165) is 10.6 Å². The van der Waals surface area contributed by atoms with Gasteiger partial charge >= 0.3 is 0 Å². The molecule has 0 atom stereocenters. The molecular weight excluding hydrogens is 424 g/mol. The Hall–Kier alpha value is -4.30. The summed E-state index contributed by atoms with van der Waals surface area (Å²) in [4.78, 5) is 42.6. The minimum absolute atomic E-state index is 0.326. The van der Waals surface area contributed by atoms with Gasteiger partial charge in [0.2, 0.25) is 0 Å². The zero-order chi connectivity index (χ0) is 22.2. The van der Waals surface area contributed by atoms with Gasteiger partial charge in [0.15, 0.2) is 4.77 Å². The van der Waals surface area contributed by atoms with Gasteiger partial charge in [-0.25, -0.2) is 4.90 Å². The minimum Gasteiger partial charge on any atom is -0.336 e. The number of anilines is 2. The maximum atomic E-state index is 13.0. The molecule has 0 saturated carbocycles. The highest BCUT2D eigenvalue weighted by Crippen LogP contribution is 2.30. The number of carbonyl (C=O) groups is 3. The lowest BCUT2D eigenvalue weighted by Crippen LogP contribution is -2.29. The van der Waals surface area contributed by atoms with E-state index < -0.39 is 11.8 Å². The van der Waals surface area contributed by atoms with Gasteiger partial charge in [-0.15, -0.1) is 0 Å². The molecule has 3 amide bonds. The van der Waals surface area contributed by atoms with Gasteiger partial charge < -0.3 is 10.3 Å². The second-order valence-corrected chi connectivity index (χ2v) is 7.53. The average molecular weight is 440 g/mol. The maximum Gasteiger partial charge on any atom is 0.274 e. The van der Waals surface area contributed by atoms with Crippen LogP contribution in [0.1, 0.15) is 31.2 Å². The summed E-state index contributed by atoms with van der Waals surface area (Å²) in [5.74, 6) is -1.17. The molecule has 0 saturated heterocycles. The molecule has 4 aromatic rings. The molecule has 3 aromatic carbocycles. The number of carbonyl (C=O) groups excluding carboxylic acids is 3. The minimum atomic E-state index is -0.391. The van der Waals surface area contributed by atoms with Crippen molar-refractivity contribution < 1.29 is 14.4 Å². The van der Waals surface area contributed by atoms with Crippen LogP contribution in [0.15, 0.2) is 85.1 Å². The number of benzene rings is 3. The Balaban J connectivity index is 1.44. The zero-order valence-electron chi connectivity index (χ0n) is 16.6. The van der Waals surface area contributed by atoms with E-state index in [9.17, 15) is 14.4 Å². The zero-order valence-corrected chi connectivity index (χ0v) is 17.4. The topological polar surface area (TPSA) is 87.2 Å². The van der Waals surface area contributed by atoms with Crippen molar-refractivity contribution in [2.75, 3.05) is 10.2 Å². The number of rotatable bonds is 4. The largest absolute Gasteiger partial charge is 0.336 e. The highest BCUT2D eigenvalue weighted by atomic mass is 32.1. The van der Waals surface area contributed by atoms with Crippen molar-refractivity contribution in [1.82, 2.24) is 9.55 Å². The molecule has 0 spiro atoms.